The fourth-order valence-electron chi connectivity index (χ4n) is 2.30. The van der Waals surface area contributed by atoms with Gasteiger partial charge in [-0.05, 0) is 25.8 Å². The van der Waals surface area contributed by atoms with Gasteiger partial charge >= 0.3 is 0 Å². The van der Waals surface area contributed by atoms with Crippen molar-refractivity contribution in [1.29, 1.82) is 0 Å². The molecule has 1 atom stereocenters. The highest BCUT2D eigenvalue weighted by molar-refractivity contribution is 5.78. The highest BCUT2D eigenvalue weighted by atomic mass is 16.5. The first kappa shape index (κ1) is 14.5. The largest absolute Gasteiger partial charge is 0.383 e. The highest BCUT2D eigenvalue weighted by Gasteiger charge is 2.29. The first-order valence-electron chi connectivity index (χ1n) is 6.78. The maximum absolute atomic E-state index is 11.7. The molecule has 100 valence electrons. The van der Waals surface area contributed by atoms with E-state index in [1.807, 2.05) is 0 Å². The van der Waals surface area contributed by atoms with Gasteiger partial charge in [0.25, 0.3) is 0 Å². The summed E-state index contributed by atoms with van der Waals surface area (Å²) in [5, 5.41) is 3.34. The monoisotopic (exact) mass is 242 g/mol. The van der Waals surface area contributed by atoms with Crippen molar-refractivity contribution < 1.29 is 9.53 Å². The van der Waals surface area contributed by atoms with E-state index >= 15 is 0 Å². The Morgan fingerprint density at radius 3 is 3.00 bits per heavy atom. The number of carbonyl (C=O) groups excluding carboxylic acids is 1. The first-order chi connectivity index (χ1) is 8.29. The van der Waals surface area contributed by atoms with Crippen LogP contribution in [0.25, 0.3) is 0 Å². The van der Waals surface area contributed by atoms with Crippen LogP contribution in [0.1, 0.15) is 39.0 Å². The van der Waals surface area contributed by atoms with Crippen LogP contribution in [0.2, 0.25) is 0 Å². The van der Waals surface area contributed by atoms with Gasteiger partial charge in [-0.3, -0.25) is 4.79 Å². The minimum atomic E-state index is 0.348. The number of hydrogen-bond acceptors (Lipinski definition) is 3. The molecule has 1 aliphatic heterocycles. The summed E-state index contributed by atoms with van der Waals surface area (Å²) < 4.78 is 4.98. The van der Waals surface area contributed by atoms with E-state index in [4.69, 9.17) is 4.74 Å². The summed E-state index contributed by atoms with van der Waals surface area (Å²) in [4.78, 5) is 13.8. The van der Waals surface area contributed by atoms with E-state index in [9.17, 15) is 4.79 Å². The zero-order chi connectivity index (χ0) is 12.5. The van der Waals surface area contributed by atoms with Crippen molar-refractivity contribution in [1.82, 2.24) is 10.2 Å². The summed E-state index contributed by atoms with van der Waals surface area (Å²) in [6.07, 6.45) is 5.13. The van der Waals surface area contributed by atoms with Crippen LogP contribution in [-0.4, -0.2) is 50.2 Å². The van der Waals surface area contributed by atoms with E-state index in [1.54, 1.807) is 7.11 Å². The van der Waals surface area contributed by atoms with Crippen molar-refractivity contribution in [2.45, 2.75) is 45.1 Å². The molecular weight excluding hydrogens is 216 g/mol. The molecule has 1 fully saturated rings. The predicted octanol–water partition coefficient (Wildman–Crippen LogP) is 1.40. The van der Waals surface area contributed by atoms with Crippen LogP contribution in [0.15, 0.2) is 0 Å². The minimum Gasteiger partial charge on any atom is -0.383 e. The number of amides is 1. The van der Waals surface area contributed by atoms with Gasteiger partial charge in [-0.25, -0.2) is 0 Å². The average molecular weight is 242 g/mol. The second-order valence-electron chi connectivity index (χ2n) is 4.66. The fraction of sp³-hybridized carbons (Fsp3) is 0.923. The third kappa shape index (κ3) is 5.04. The highest BCUT2D eigenvalue weighted by Crippen LogP contribution is 2.21. The van der Waals surface area contributed by atoms with Crippen molar-refractivity contribution in [3.63, 3.8) is 0 Å². The van der Waals surface area contributed by atoms with Crippen molar-refractivity contribution in [2.75, 3.05) is 33.4 Å². The summed E-state index contributed by atoms with van der Waals surface area (Å²) in [5.41, 5.74) is 0. The summed E-state index contributed by atoms with van der Waals surface area (Å²) in [5.74, 6) is 0.348. The van der Waals surface area contributed by atoms with E-state index in [2.05, 4.69) is 17.1 Å². The maximum Gasteiger partial charge on any atom is 0.222 e. The number of carbonyl (C=O) groups is 1. The molecule has 0 aromatic carbocycles. The molecule has 1 aliphatic rings. The quantitative estimate of drug-likeness (QED) is 0.621. The molecule has 0 spiro atoms. The van der Waals surface area contributed by atoms with Gasteiger partial charge in [0.1, 0.15) is 0 Å². The molecule has 0 aromatic heterocycles. The lowest BCUT2D eigenvalue weighted by Gasteiger charge is -2.24. The molecular formula is C13H26N2O2. The number of nitrogens with one attached hydrogen (secondary N) is 1. The molecule has 1 N–H and O–H groups in total. The van der Waals surface area contributed by atoms with E-state index in [1.165, 1.54) is 0 Å². The zero-order valence-corrected chi connectivity index (χ0v) is 11.2. The summed E-state index contributed by atoms with van der Waals surface area (Å²) in [6, 6.07) is 0.462. The molecule has 1 rings (SSSR count). The Balaban J connectivity index is 2.19. The normalized spacial score (nSPS) is 20.2. The molecule has 1 saturated heterocycles. The lowest BCUT2D eigenvalue weighted by atomic mass is 10.1. The SMILES string of the molecule is CCCCN1C(=O)CCC1CCNCCOC. The second-order valence-corrected chi connectivity index (χ2v) is 4.66. The number of ether oxygens (including phenoxy) is 1. The molecule has 4 heteroatoms. The number of rotatable bonds is 9. The molecule has 1 heterocycles. The maximum atomic E-state index is 11.7. The van der Waals surface area contributed by atoms with Gasteiger partial charge in [-0.1, -0.05) is 13.3 Å². The minimum absolute atomic E-state index is 0.348. The van der Waals surface area contributed by atoms with Crippen LogP contribution < -0.4 is 5.32 Å². The third-order valence-electron chi connectivity index (χ3n) is 3.34. The van der Waals surface area contributed by atoms with Gasteiger partial charge in [0.15, 0.2) is 0 Å². The third-order valence-corrected chi connectivity index (χ3v) is 3.34. The standard InChI is InChI=1S/C13H26N2O2/c1-3-4-10-15-12(5-6-13(15)16)7-8-14-9-11-17-2/h12,14H,3-11H2,1-2H3. The molecule has 4 nitrogen and oxygen atoms in total. The molecule has 0 aliphatic carbocycles. The van der Waals surface area contributed by atoms with E-state index in [0.29, 0.717) is 11.9 Å². The Labute approximate surface area is 105 Å². The molecule has 0 bridgehead atoms. The lowest BCUT2D eigenvalue weighted by molar-refractivity contribution is -0.129. The number of hydrogen-bond donors (Lipinski definition) is 1. The zero-order valence-electron chi connectivity index (χ0n) is 11.2. The topological polar surface area (TPSA) is 41.6 Å². The summed E-state index contributed by atoms with van der Waals surface area (Å²) >= 11 is 0. The molecule has 0 saturated carbocycles. The van der Waals surface area contributed by atoms with Crippen molar-refractivity contribution in [2.24, 2.45) is 0 Å². The van der Waals surface area contributed by atoms with Gasteiger partial charge < -0.3 is 15.0 Å². The second kappa shape index (κ2) is 8.48. The van der Waals surface area contributed by atoms with Gasteiger partial charge in [0.05, 0.1) is 6.61 Å². The van der Waals surface area contributed by atoms with E-state index in [-0.39, 0.29) is 0 Å². The Hall–Kier alpha value is -0.610. The predicted molar refractivity (Wildman–Crippen MR) is 69.0 cm³/mol. The van der Waals surface area contributed by atoms with Crippen LogP contribution in [-0.2, 0) is 9.53 Å². The van der Waals surface area contributed by atoms with Crippen molar-refractivity contribution >= 4 is 5.91 Å². The molecule has 17 heavy (non-hydrogen) atoms. The fourth-order valence-corrected chi connectivity index (χ4v) is 2.30. The van der Waals surface area contributed by atoms with Crippen LogP contribution in [0.4, 0.5) is 0 Å². The Morgan fingerprint density at radius 2 is 2.29 bits per heavy atom. The van der Waals surface area contributed by atoms with E-state index < -0.39 is 0 Å². The van der Waals surface area contributed by atoms with Crippen LogP contribution in [0.3, 0.4) is 0 Å². The van der Waals surface area contributed by atoms with Gasteiger partial charge in [0.2, 0.25) is 5.91 Å². The number of methoxy groups -OCH3 is 1. The van der Waals surface area contributed by atoms with E-state index in [0.717, 1.165) is 58.3 Å². The number of unbranched alkanes of at least 4 members (excludes halogenated alkanes) is 1. The average Bonchev–Trinajstić information content (AvgIpc) is 2.68. The summed E-state index contributed by atoms with van der Waals surface area (Å²) in [7, 11) is 1.71. The van der Waals surface area contributed by atoms with Crippen LogP contribution >= 0.6 is 0 Å². The Kier molecular flexibility index (Phi) is 7.21. The molecule has 1 amide bonds. The lowest BCUT2D eigenvalue weighted by Crippen LogP contribution is -2.36. The Morgan fingerprint density at radius 1 is 1.47 bits per heavy atom. The molecule has 0 aromatic rings. The molecule has 0 radical (unpaired) electrons. The smallest absolute Gasteiger partial charge is 0.222 e. The van der Waals surface area contributed by atoms with Crippen LogP contribution in [0, 0.1) is 0 Å². The Bertz CT molecular complexity index is 221. The first-order valence-corrected chi connectivity index (χ1v) is 6.78. The van der Waals surface area contributed by atoms with Gasteiger partial charge in [0, 0.05) is 32.7 Å². The van der Waals surface area contributed by atoms with Crippen molar-refractivity contribution in [3.05, 3.63) is 0 Å². The van der Waals surface area contributed by atoms with Crippen LogP contribution in [0.5, 0.6) is 0 Å². The molecule has 1 unspecified atom stereocenters. The van der Waals surface area contributed by atoms with Gasteiger partial charge in [-0.15, -0.1) is 0 Å². The summed E-state index contributed by atoms with van der Waals surface area (Å²) in [6.45, 7) is 5.74. The van der Waals surface area contributed by atoms with Gasteiger partial charge in [-0.2, -0.15) is 0 Å². The number of likely N-dealkylation sites (tertiary alicyclic amines) is 1. The van der Waals surface area contributed by atoms with Crippen molar-refractivity contribution in [3.8, 4) is 0 Å². The number of nitrogens with zero attached hydrogens (tertiary/aromatic N) is 1.